The fraction of sp³-hybridized carbons (Fsp3) is 0.0222. The van der Waals surface area contributed by atoms with E-state index in [1.807, 2.05) is 36.4 Å². The zero-order valence-corrected chi connectivity index (χ0v) is 26.5. The fourth-order valence-corrected chi connectivity index (χ4v) is 7.37. The van der Waals surface area contributed by atoms with Crippen molar-refractivity contribution >= 4 is 65.9 Å². The lowest BCUT2D eigenvalue weighted by Crippen LogP contribution is -2.36. The molecule has 8 aromatic carbocycles. The zero-order chi connectivity index (χ0) is 32.3. The molecule has 1 aromatic heterocycles. The van der Waals surface area contributed by atoms with Crippen molar-refractivity contribution in [3.8, 4) is 11.1 Å². The first kappa shape index (κ1) is 27.6. The Morgan fingerprint density at radius 1 is 0.388 bits per heavy atom. The van der Waals surface area contributed by atoms with E-state index < -0.39 is 6.17 Å². The van der Waals surface area contributed by atoms with Crippen LogP contribution in [-0.2, 0) is 0 Å². The predicted octanol–water partition coefficient (Wildman–Crippen LogP) is 11.2. The van der Waals surface area contributed by atoms with Crippen molar-refractivity contribution in [2.45, 2.75) is 6.17 Å². The third-order valence-electron chi connectivity index (χ3n) is 9.72. The molecule has 1 aliphatic rings. The van der Waals surface area contributed by atoms with E-state index in [4.69, 9.17) is 14.4 Å². The van der Waals surface area contributed by atoms with E-state index >= 15 is 0 Å². The van der Waals surface area contributed by atoms with Crippen LogP contribution in [-0.4, -0.2) is 11.7 Å². The number of benzene rings is 8. The van der Waals surface area contributed by atoms with Gasteiger partial charge in [-0.15, -0.1) is 0 Å². The number of nitrogens with zero attached hydrogens (tertiary/aromatic N) is 2. The molecular weight excluding hydrogens is 599 g/mol. The van der Waals surface area contributed by atoms with Gasteiger partial charge in [0.2, 0.25) is 0 Å². The van der Waals surface area contributed by atoms with E-state index in [0.29, 0.717) is 0 Å². The quantitative estimate of drug-likeness (QED) is 0.197. The van der Waals surface area contributed by atoms with Crippen molar-refractivity contribution in [3.05, 3.63) is 180 Å². The summed E-state index contributed by atoms with van der Waals surface area (Å²) >= 11 is 0. The van der Waals surface area contributed by atoms with Crippen LogP contribution in [0.15, 0.2) is 178 Å². The molecule has 0 saturated heterocycles. The van der Waals surface area contributed by atoms with Gasteiger partial charge in [0.15, 0.2) is 6.17 Å². The predicted molar refractivity (Wildman–Crippen MR) is 204 cm³/mol. The lowest BCUT2D eigenvalue weighted by atomic mass is 9.92. The maximum absolute atomic E-state index is 6.63. The van der Waals surface area contributed by atoms with E-state index in [1.54, 1.807) is 0 Å². The van der Waals surface area contributed by atoms with Gasteiger partial charge < -0.3 is 9.73 Å². The number of hydrogen-bond donors (Lipinski definition) is 1. The minimum Gasteiger partial charge on any atom is -0.456 e. The summed E-state index contributed by atoms with van der Waals surface area (Å²) in [6.45, 7) is 0. The van der Waals surface area contributed by atoms with Gasteiger partial charge in [0, 0.05) is 27.5 Å². The molecule has 4 nitrogen and oxygen atoms in total. The van der Waals surface area contributed by atoms with Gasteiger partial charge in [-0.05, 0) is 61.6 Å². The maximum Gasteiger partial charge on any atom is 0.173 e. The first-order valence-electron chi connectivity index (χ1n) is 16.6. The highest BCUT2D eigenvalue weighted by Crippen LogP contribution is 2.40. The molecule has 1 aliphatic heterocycles. The number of para-hydroxylation sites is 1. The van der Waals surface area contributed by atoms with Crippen molar-refractivity contribution < 1.29 is 4.42 Å². The van der Waals surface area contributed by atoms with Crippen LogP contribution >= 0.6 is 0 Å². The molecule has 0 bridgehead atoms. The van der Waals surface area contributed by atoms with E-state index in [9.17, 15) is 0 Å². The van der Waals surface area contributed by atoms with Crippen molar-refractivity contribution in [3.63, 3.8) is 0 Å². The van der Waals surface area contributed by atoms with Crippen LogP contribution < -0.4 is 5.32 Å². The molecule has 0 fully saturated rings. The van der Waals surface area contributed by atoms with E-state index in [2.05, 4.69) is 133 Å². The zero-order valence-electron chi connectivity index (χ0n) is 26.5. The van der Waals surface area contributed by atoms with E-state index in [1.165, 1.54) is 37.9 Å². The van der Waals surface area contributed by atoms with Gasteiger partial charge in [0.25, 0.3) is 0 Å². The summed E-state index contributed by atoms with van der Waals surface area (Å²) in [4.78, 5) is 10.2. The molecule has 230 valence electrons. The molecule has 10 rings (SSSR count). The Bertz CT molecular complexity index is 2710. The highest BCUT2D eigenvalue weighted by Gasteiger charge is 2.24. The topological polar surface area (TPSA) is 49.9 Å². The van der Waals surface area contributed by atoms with Gasteiger partial charge in [-0.2, -0.15) is 0 Å². The Morgan fingerprint density at radius 2 is 0.878 bits per heavy atom. The van der Waals surface area contributed by atoms with Gasteiger partial charge in [-0.1, -0.05) is 146 Å². The molecule has 0 amide bonds. The number of aliphatic imine (C=N–C) groups is 2. The average Bonchev–Trinajstić information content (AvgIpc) is 3.56. The standard InChI is InChI=1S/C45H29N3O/c1-3-12-28(13-4-1)43-46-44(29-14-5-2-6-15-29)48-45(47-43)38-21-11-20-37-40-27-31(23-25-41(40)49-42(37)38)30-22-24-36-34-18-8-7-16-32(34)33-17-9-10-19-35(33)39(36)26-30/h1-27,45H,(H,46,47,48). The van der Waals surface area contributed by atoms with Crippen LogP contribution in [0.1, 0.15) is 22.9 Å². The third kappa shape index (κ3) is 4.53. The summed E-state index contributed by atoms with van der Waals surface area (Å²) in [5.41, 5.74) is 6.93. The van der Waals surface area contributed by atoms with Gasteiger partial charge in [0.05, 0.1) is 0 Å². The van der Waals surface area contributed by atoms with Crippen molar-refractivity contribution in [1.82, 2.24) is 5.32 Å². The Labute approximate surface area is 282 Å². The second-order valence-corrected chi connectivity index (χ2v) is 12.6. The molecule has 49 heavy (non-hydrogen) atoms. The maximum atomic E-state index is 6.63. The molecule has 0 radical (unpaired) electrons. The fourth-order valence-electron chi connectivity index (χ4n) is 7.37. The molecule has 0 spiro atoms. The minimum absolute atomic E-state index is 0.473. The lowest BCUT2D eigenvalue weighted by Gasteiger charge is -2.22. The number of hydrogen-bond acceptors (Lipinski definition) is 4. The molecule has 4 heteroatoms. The van der Waals surface area contributed by atoms with Crippen LogP contribution in [0.3, 0.4) is 0 Å². The first-order valence-corrected chi connectivity index (χ1v) is 16.6. The SMILES string of the molecule is c1ccc(C2=NC(c3cccc4c3oc3ccc(-c5ccc6c7ccccc7c7ccccc7c6c5)cc34)N=C(c3ccccc3)N2)cc1. The molecule has 0 aliphatic carbocycles. The molecule has 0 atom stereocenters. The van der Waals surface area contributed by atoms with Gasteiger partial charge >= 0.3 is 0 Å². The summed E-state index contributed by atoms with van der Waals surface area (Å²) in [6.07, 6.45) is -0.473. The largest absolute Gasteiger partial charge is 0.456 e. The van der Waals surface area contributed by atoms with Crippen molar-refractivity contribution in [2.24, 2.45) is 9.98 Å². The molecule has 9 aromatic rings. The van der Waals surface area contributed by atoms with Gasteiger partial charge in [-0.25, -0.2) is 9.98 Å². The Morgan fingerprint density at radius 3 is 1.49 bits per heavy atom. The lowest BCUT2D eigenvalue weighted by molar-refractivity contribution is 0.649. The number of nitrogens with one attached hydrogen (secondary N) is 1. The number of fused-ring (bicyclic) bond motifs is 9. The van der Waals surface area contributed by atoms with Crippen LogP contribution in [0.4, 0.5) is 0 Å². The smallest absolute Gasteiger partial charge is 0.173 e. The first-order chi connectivity index (χ1) is 24.3. The second-order valence-electron chi connectivity index (χ2n) is 12.6. The monoisotopic (exact) mass is 627 g/mol. The Hall–Kier alpha value is -6.52. The summed E-state index contributed by atoms with van der Waals surface area (Å²) in [5, 5.41) is 13.3. The number of furan rings is 1. The summed E-state index contributed by atoms with van der Waals surface area (Å²) in [7, 11) is 0. The van der Waals surface area contributed by atoms with E-state index in [0.717, 1.165) is 55.9 Å². The van der Waals surface area contributed by atoms with Gasteiger partial charge in [0.1, 0.15) is 22.8 Å². The van der Waals surface area contributed by atoms with Gasteiger partial charge in [-0.3, -0.25) is 0 Å². The molecule has 0 saturated carbocycles. The van der Waals surface area contributed by atoms with Crippen LogP contribution in [0.2, 0.25) is 0 Å². The Balaban J connectivity index is 1.12. The van der Waals surface area contributed by atoms with Crippen molar-refractivity contribution in [1.29, 1.82) is 0 Å². The van der Waals surface area contributed by atoms with Crippen LogP contribution in [0.25, 0.3) is 65.4 Å². The van der Waals surface area contributed by atoms with Crippen molar-refractivity contribution in [2.75, 3.05) is 0 Å². The number of rotatable bonds is 4. The summed E-state index contributed by atoms with van der Waals surface area (Å²) in [5.74, 6) is 1.57. The average molecular weight is 628 g/mol. The highest BCUT2D eigenvalue weighted by molar-refractivity contribution is 6.26. The summed E-state index contributed by atoms with van der Waals surface area (Å²) < 4.78 is 6.63. The third-order valence-corrected chi connectivity index (χ3v) is 9.72. The number of amidine groups is 2. The van der Waals surface area contributed by atoms with E-state index in [-0.39, 0.29) is 0 Å². The van der Waals surface area contributed by atoms with Crippen LogP contribution in [0, 0.1) is 0 Å². The van der Waals surface area contributed by atoms with Crippen LogP contribution in [0.5, 0.6) is 0 Å². The summed E-state index contributed by atoms with van der Waals surface area (Å²) in [6, 6.07) is 57.5. The molecule has 1 N–H and O–H groups in total. The Kier molecular flexibility index (Phi) is 6.21. The highest BCUT2D eigenvalue weighted by atomic mass is 16.3. The molecular formula is C45H29N3O. The molecule has 2 heterocycles. The normalized spacial score (nSPS) is 13.6. The second kappa shape index (κ2) is 11.0. The molecule has 0 unspecified atom stereocenters. The minimum atomic E-state index is -0.473.